The van der Waals surface area contributed by atoms with Gasteiger partial charge in [0, 0.05) is 32.0 Å². The molecule has 0 atom stereocenters. The van der Waals surface area contributed by atoms with Gasteiger partial charge in [0.2, 0.25) is 0 Å². The second-order valence-electron chi connectivity index (χ2n) is 3.94. The van der Waals surface area contributed by atoms with E-state index in [1.165, 1.54) is 17.7 Å². The van der Waals surface area contributed by atoms with Crippen molar-refractivity contribution in [2.75, 3.05) is 7.11 Å². The number of carbonyl (C=O) groups is 1. The Morgan fingerprint density at radius 2 is 2.22 bits per heavy atom. The molecule has 96 valence electrons. The molecule has 0 aliphatic rings. The predicted molar refractivity (Wildman–Crippen MR) is 62.5 cm³/mol. The molecule has 2 aromatic rings. The Kier molecular flexibility index (Phi) is 3.15. The van der Waals surface area contributed by atoms with E-state index in [0.29, 0.717) is 23.6 Å². The van der Waals surface area contributed by atoms with Crippen LogP contribution in [-0.2, 0) is 29.6 Å². The highest BCUT2D eigenvalue weighted by Gasteiger charge is 2.11. The Morgan fingerprint density at radius 3 is 2.83 bits per heavy atom. The van der Waals surface area contributed by atoms with Crippen molar-refractivity contribution >= 4 is 11.6 Å². The molecule has 0 aliphatic carbocycles. The fourth-order valence-electron chi connectivity index (χ4n) is 1.81. The second-order valence-corrected chi connectivity index (χ2v) is 3.94. The maximum absolute atomic E-state index is 11.8. The van der Waals surface area contributed by atoms with Gasteiger partial charge in [-0.25, -0.2) is 0 Å². The van der Waals surface area contributed by atoms with Gasteiger partial charge in [-0.3, -0.25) is 9.59 Å². The van der Waals surface area contributed by atoms with E-state index in [0.717, 1.165) is 0 Å². The molecule has 0 radical (unpaired) electrons. The van der Waals surface area contributed by atoms with E-state index in [2.05, 4.69) is 5.10 Å². The average Bonchev–Trinajstić information content (AvgIpc) is 2.70. The first kappa shape index (κ1) is 12.3. The fourth-order valence-corrected chi connectivity index (χ4v) is 1.81. The highest BCUT2D eigenvalue weighted by Crippen LogP contribution is 2.08. The van der Waals surface area contributed by atoms with E-state index in [9.17, 15) is 9.59 Å². The first-order valence-electron chi connectivity index (χ1n) is 5.31. The van der Waals surface area contributed by atoms with Gasteiger partial charge in [0.1, 0.15) is 5.65 Å². The Hall–Kier alpha value is -2.15. The van der Waals surface area contributed by atoms with E-state index in [1.54, 1.807) is 17.7 Å². The van der Waals surface area contributed by atoms with Crippen LogP contribution in [0, 0.1) is 0 Å². The monoisotopic (exact) mass is 251 g/mol. The molecule has 2 rings (SSSR count). The molecular formula is C11H13N3O4. The zero-order valence-corrected chi connectivity index (χ0v) is 10.1. The predicted octanol–water partition coefficient (Wildman–Crippen LogP) is -0.194. The summed E-state index contributed by atoms with van der Waals surface area (Å²) in [5.74, 6) is -0.981. The number of methoxy groups -OCH3 is 1. The minimum atomic E-state index is -0.981. The zero-order chi connectivity index (χ0) is 13.3. The van der Waals surface area contributed by atoms with Crippen molar-refractivity contribution in [2.45, 2.75) is 13.0 Å². The Labute approximate surface area is 102 Å². The zero-order valence-electron chi connectivity index (χ0n) is 10.1. The number of carboxylic acid groups (broad SMARTS) is 1. The van der Waals surface area contributed by atoms with E-state index in [-0.39, 0.29) is 12.0 Å². The molecule has 0 fully saturated rings. The molecule has 0 aromatic carbocycles. The van der Waals surface area contributed by atoms with Crippen LogP contribution in [0.2, 0.25) is 0 Å². The van der Waals surface area contributed by atoms with Crippen molar-refractivity contribution in [3.05, 3.63) is 33.9 Å². The second kappa shape index (κ2) is 4.61. The summed E-state index contributed by atoms with van der Waals surface area (Å²) in [6, 6.07) is 2.99. The van der Waals surface area contributed by atoms with Crippen LogP contribution in [0.3, 0.4) is 0 Å². The van der Waals surface area contributed by atoms with E-state index in [4.69, 9.17) is 9.84 Å². The van der Waals surface area contributed by atoms with Gasteiger partial charge in [-0.05, 0) is 0 Å². The van der Waals surface area contributed by atoms with Gasteiger partial charge in [0.25, 0.3) is 5.56 Å². The summed E-state index contributed by atoms with van der Waals surface area (Å²) in [5, 5.41) is 12.9. The van der Waals surface area contributed by atoms with Crippen molar-refractivity contribution in [1.82, 2.24) is 14.2 Å². The number of aromatic nitrogens is 3. The maximum Gasteiger partial charge on any atom is 0.309 e. The smallest absolute Gasteiger partial charge is 0.309 e. The fraction of sp³-hybridized carbons (Fsp3) is 0.364. The minimum Gasteiger partial charge on any atom is -0.481 e. The van der Waals surface area contributed by atoms with Crippen LogP contribution in [0.25, 0.3) is 5.65 Å². The highest BCUT2D eigenvalue weighted by molar-refractivity contribution is 5.69. The van der Waals surface area contributed by atoms with Crippen LogP contribution in [-0.4, -0.2) is 32.4 Å². The van der Waals surface area contributed by atoms with Gasteiger partial charge in [0.15, 0.2) is 0 Å². The lowest BCUT2D eigenvalue weighted by Gasteiger charge is -2.07. The summed E-state index contributed by atoms with van der Waals surface area (Å²) in [7, 11) is 3.24. The molecule has 7 nitrogen and oxygen atoms in total. The van der Waals surface area contributed by atoms with Crippen LogP contribution in [0.15, 0.2) is 16.9 Å². The number of rotatable bonds is 4. The summed E-state index contributed by atoms with van der Waals surface area (Å²) >= 11 is 0. The van der Waals surface area contributed by atoms with Gasteiger partial charge in [0.05, 0.1) is 18.7 Å². The summed E-state index contributed by atoms with van der Waals surface area (Å²) in [6.45, 7) is 0.301. The van der Waals surface area contributed by atoms with Crippen molar-refractivity contribution in [3.8, 4) is 0 Å². The molecule has 2 aromatic heterocycles. The number of aliphatic carboxylic acids is 1. The topological polar surface area (TPSA) is 85.8 Å². The van der Waals surface area contributed by atoms with Crippen LogP contribution < -0.4 is 5.56 Å². The minimum absolute atomic E-state index is 0.201. The van der Waals surface area contributed by atoms with Gasteiger partial charge in [-0.15, -0.1) is 0 Å². The molecule has 7 heteroatoms. The average molecular weight is 251 g/mol. The molecule has 0 spiro atoms. The Balaban J connectivity index is 2.62. The lowest BCUT2D eigenvalue weighted by molar-refractivity contribution is -0.136. The molecule has 0 amide bonds. The third-order valence-corrected chi connectivity index (χ3v) is 2.64. The summed E-state index contributed by atoms with van der Waals surface area (Å²) in [6.07, 6.45) is -0.201. The molecule has 0 saturated heterocycles. The molecule has 2 heterocycles. The van der Waals surface area contributed by atoms with Crippen molar-refractivity contribution in [1.29, 1.82) is 0 Å². The molecule has 0 aliphatic heterocycles. The van der Waals surface area contributed by atoms with Crippen LogP contribution in [0.1, 0.15) is 11.4 Å². The Morgan fingerprint density at radius 1 is 1.50 bits per heavy atom. The molecule has 18 heavy (non-hydrogen) atoms. The summed E-state index contributed by atoms with van der Waals surface area (Å²) < 4.78 is 7.83. The number of fused-ring (bicyclic) bond motifs is 1. The molecule has 0 saturated carbocycles. The third-order valence-electron chi connectivity index (χ3n) is 2.64. The molecule has 0 unspecified atom stereocenters. The Bertz CT molecular complexity index is 656. The van der Waals surface area contributed by atoms with Gasteiger partial charge < -0.3 is 14.4 Å². The van der Waals surface area contributed by atoms with E-state index >= 15 is 0 Å². The van der Waals surface area contributed by atoms with Gasteiger partial charge >= 0.3 is 5.97 Å². The normalized spacial score (nSPS) is 11.0. The SMILES string of the molecule is COCc1cc2n(C)c(CC(=O)O)cc(=O)n2n1. The van der Waals surface area contributed by atoms with Crippen LogP contribution in [0.4, 0.5) is 0 Å². The number of aryl methyl sites for hydroxylation is 1. The third kappa shape index (κ3) is 2.12. The summed E-state index contributed by atoms with van der Waals surface area (Å²) in [4.78, 5) is 22.5. The van der Waals surface area contributed by atoms with Gasteiger partial charge in [-0.1, -0.05) is 0 Å². The van der Waals surface area contributed by atoms with Crippen molar-refractivity contribution in [3.63, 3.8) is 0 Å². The number of hydrogen-bond donors (Lipinski definition) is 1. The van der Waals surface area contributed by atoms with Crippen LogP contribution in [0.5, 0.6) is 0 Å². The number of nitrogens with zero attached hydrogens (tertiary/aromatic N) is 3. The first-order chi connectivity index (χ1) is 8.52. The van der Waals surface area contributed by atoms with E-state index in [1.807, 2.05) is 0 Å². The largest absolute Gasteiger partial charge is 0.481 e. The number of carboxylic acids is 1. The lowest BCUT2D eigenvalue weighted by atomic mass is 10.3. The first-order valence-corrected chi connectivity index (χ1v) is 5.31. The molecule has 1 N–H and O–H groups in total. The van der Waals surface area contributed by atoms with Crippen molar-refractivity contribution < 1.29 is 14.6 Å². The van der Waals surface area contributed by atoms with Crippen LogP contribution >= 0.6 is 0 Å². The molecular weight excluding hydrogens is 238 g/mol. The quantitative estimate of drug-likeness (QED) is 0.813. The van der Waals surface area contributed by atoms with Gasteiger partial charge in [-0.2, -0.15) is 9.61 Å². The molecule has 0 bridgehead atoms. The number of ether oxygens (including phenoxy) is 1. The maximum atomic E-state index is 11.8. The number of hydrogen-bond acceptors (Lipinski definition) is 4. The van der Waals surface area contributed by atoms with Crippen molar-refractivity contribution in [2.24, 2.45) is 7.05 Å². The lowest BCUT2D eigenvalue weighted by Crippen LogP contribution is -2.21. The standard InChI is InChI=1S/C11H13N3O4/c1-13-8(5-11(16)17)4-10(15)14-9(13)3-7(12-14)6-18-2/h3-4H,5-6H2,1-2H3,(H,16,17). The van der Waals surface area contributed by atoms with E-state index < -0.39 is 5.97 Å². The highest BCUT2D eigenvalue weighted by atomic mass is 16.5. The summed E-state index contributed by atoms with van der Waals surface area (Å²) in [5.41, 5.74) is 1.26.